The van der Waals surface area contributed by atoms with Gasteiger partial charge in [-0.25, -0.2) is 0 Å². The number of benzene rings is 1. The van der Waals surface area contributed by atoms with Crippen LogP contribution in [0.1, 0.15) is 36.7 Å². The SMILES string of the molecule is CO[C@H]1CN(C)C(=O)c2cc(NC(C)=O)ccc2OC[C@H](C)N(Cc2cccnc2)C[C@@H]1C. The average molecular weight is 455 g/mol. The number of nitrogens with one attached hydrogen (secondary N) is 1. The summed E-state index contributed by atoms with van der Waals surface area (Å²) in [6.45, 7) is 8.08. The van der Waals surface area contributed by atoms with Crippen LogP contribution in [-0.2, 0) is 16.1 Å². The molecule has 0 fully saturated rings. The van der Waals surface area contributed by atoms with Gasteiger partial charge in [0.25, 0.3) is 5.91 Å². The second kappa shape index (κ2) is 11.2. The standard InChI is InChI=1S/C25H34N4O4/c1-17-13-29(14-20-7-6-10-26-12-20)18(2)16-33-23-9-8-21(27-19(3)30)11-22(23)25(31)28(4)15-24(17)32-5/h6-12,17-18,24H,13-16H2,1-5H3,(H,27,30)/t17-,18-,24-/m0/s1. The van der Waals surface area contributed by atoms with Gasteiger partial charge in [-0.2, -0.15) is 0 Å². The van der Waals surface area contributed by atoms with Gasteiger partial charge in [0.2, 0.25) is 5.91 Å². The van der Waals surface area contributed by atoms with Gasteiger partial charge in [0.1, 0.15) is 12.4 Å². The van der Waals surface area contributed by atoms with Crippen LogP contribution < -0.4 is 10.1 Å². The molecule has 8 nitrogen and oxygen atoms in total. The van der Waals surface area contributed by atoms with Crippen molar-refractivity contribution in [3.8, 4) is 5.75 Å². The highest BCUT2D eigenvalue weighted by molar-refractivity contribution is 5.99. The quantitative estimate of drug-likeness (QED) is 0.765. The van der Waals surface area contributed by atoms with Crippen LogP contribution in [0.3, 0.4) is 0 Å². The van der Waals surface area contributed by atoms with E-state index in [4.69, 9.17) is 9.47 Å². The number of fused-ring (bicyclic) bond motifs is 1. The van der Waals surface area contributed by atoms with Gasteiger partial charge in [-0.05, 0) is 42.7 Å². The van der Waals surface area contributed by atoms with Gasteiger partial charge in [0.05, 0.1) is 11.7 Å². The van der Waals surface area contributed by atoms with E-state index in [9.17, 15) is 9.59 Å². The van der Waals surface area contributed by atoms with E-state index in [1.807, 2.05) is 12.3 Å². The molecule has 0 bridgehead atoms. The fourth-order valence-corrected chi connectivity index (χ4v) is 4.08. The highest BCUT2D eigenvalue weighted by atomic mass is 16.5. The van der Waals surface area contributed by atoms with Crippen molar-refractivity contribution < 1.29 is 19.1 Å². The first-order valence-corrected chi connectivity index (χ1v) is 11.2. The van der Waals surface area contributed by atoms with Gasteiger partial charge >= 0.3 is 0 Å². The van der Waals surface area contributed by atoms with E-state index >= 15 is 0 Å². The molecule has 1 aromatic carbocycles. The van der Waals surface area contributed by atoms with Gasteiger partial charge in [-0.1, -0.05) is 13.0 Å². The van der Waals surface area contributed by atoms with Gasteiger partial charge in [-0.3, -0.25) is 19.5 Å². The van der Waals surface area contributed by atoms with Crippen molar-refractivity contribution in [3.05, 3.63) is 53.9 Å². The van der Waals surface area contributed by atoms with Crippen LogP contribution in [0.2, 0.25) is 0 Å². The summed E-state index contributed by atoms with van der Waals surface area (Å²) in [6, 6.07) is 9.26. The minimum absolute atomic E-state index is 0.0836. The minimum atomic E-state index is -0.197. The molecule has 1 aromatic heterocycles. The number of aromatic nitrogens is 1. The molecule has 0 saturated carbocycles. The lowest BCUT2D eigenvalue weighted by Gasteiger charge is -2.36. The second-order valence-corrected chi connectivity index (χ2v) is 8.78. The van der Waals surface area contributed by atoms with Gasteiger partial charge < -0.3 is 19.7 Å². The molecule has 0 aliphatic carbocycles. The molecule has 1 N–H and O–H groups in total. The largest absolute Gasteiger partial charge is 0.491 e. The lowest BCUT2D eigenvalue weighted by atomic mass is 10.0. The summed E-state index contributed by atoms with van der Waals surface area (Å²) >= 11 is 0. The number of carbonyl (C=O) groups is 2. The lowest BCUT2D eigenvalue weighted by molar-refractivity contribution is -0.114. The number of carbonyl (C=O) groups excluding carboxylic acids is 2. The van der Waals surface area contributed by atoms with Crippen LogP contribution in [0.4, 0.5) is 5.69 Å². The summed E-state index contributed by atoms with van der Waals surface area (Å²) in [6.07, 6.45) is 3.52. The van der Waals surface area contributed by atoms with Crippen molar-refractivity contribution in [3.63, 3.8) is 0 Å². The Morgan fingerprint density at radius 1 is 1.27 bits per heavy atom. The lowest BCUT2D eigenvalue weighted by Crippen LogP contribution is -2.46. The summed E-state index contributed by atoms with van der Waals surface area (Å²) in [5.74, 6) is 0.301. The summed E-state index contributed by atoms with van der Waals surface area (Å²) in [5.41, 5.74) is 2.10. The van der Waals surface area contributed by atoms with Gasteiger partial charge in [0.15, 0.2) is 0 Å². The maximum Gasteiger partial charge on any atom is 0.257 e. The van der Waals surface area contributed by atoms with Crippen LogP contribution in [0.15, 0.2) is 42.7 Å². The number of likely N-dealkylation sites (N-methyl/N-ethyl adjacent to an activating group) is 1. The first-order valence-electron chi connectivity index (χ1n) is 11.2. The molecule has 33 heavy (non-hydrogen) atoms. The van der Waals surface area contributed by atoms with E-state index in [-0.39, 0.29) is 29.9 Å². The van der Waals surface area contributed by atoms with Crippen molar-refractivity contribution in [2.45, 2.75) is 39.5 Å². The zero-order chi connectivity index (χ0) is 24.0. The number of methoxy groups -OCH3 is 1. The van der Waals surface area contributed by atoms with Crippen LogP contribution in [0, 0.1) is 5.92 Å². The van der Waals surface area contributed by atoms with E-state index in [1.165, 1.54) is 6.92 Å². The number of ether oxygens (including phenoxy) is 2. The Balaban J connectivity index is 1.94. The Morgan fingerprint density at radius 3 is 2.73 bits per heavy atom. The third kappa shape index (κ3) is 6.52. The van der Waals surface area contributed by atoms with E-state index in [0.717, 1.165) is 18.7 Å². The molecule has 8 heteroatoms. The zero-order valence-corrected chi connectivity index (χ0v) is 20.1. The Kier molecular flexibility index (Phi) is 8.41. The number of rotatable bonds is 4. The van der Waals surface area contributed by atoms with Crippen molar-refractivity contribution in [1.82, 2.24) is 14.8 Å². The van der Waals surface area contributed by atoms with E-state index in [1.54, 1.807) is 43.5 Å². The fourth-order valence-electron chi connectivity index (χ4n) is 4.08. The molecule has 0 spiro atoms. The number of pyridine rings is 1. The average Bonchev–Trinajstić information content (AvgIpc) is 2.80. The number of hydrogen-bond donors (Lipinski definition) is 1. The first-order chi connectivity index (χ1) is 15.8. The predicted octanol–water partition coefficient (Wildman–Crippen LogP) is 3.05. The third-order valence-corrected chi connectivity index (χ3v) is 6.00. The van der Waals surface area contributed by atoms with Crippen LogP contribution in [0.5, 0.6) is 5.75 Å². The third-order valence-electron chi connectivity index (χ3n) is 6.00. The number of nitrogens with zero attached hydrogens (tertiary/aromatic N) is 3. The molecule has 178 valence electrons. The number of hydrogen-bond acceptors (Lipinski definition) is 6. The molecule has 3 rings (SSSR count). The van der Waals surface area contributed by atoms with Crippen LogP contribution in [-0.4, -0.2) is 72.6 Å². The summed E-state index contributed by atoms with van der Waals surface area (Å²) in [4.78, 5) is 33.1. The molecule has 0 radical (unpaired) electrons. The van der Waals surface area contributed by atoms with Crippen molar-refractivity contribution >= 4 is 17.5 Å². The molecule has 3 atom stereocenters. The topological polar surface area (TPSA) is 84.0 Å². The minimum Gasteiger partial charge on any atom is -0.491 e. The molecule has 2 heterocycles. The van der Waals surface area contributed by atoms with Gasteiger partial charge in [-0.15, -0.1) is 0 Å². The Morgan fingerprint density at radius 2 is 2.06 bits per heavy atom. The monoisotopic (exact) mass is 454 g/mol. The molecular weight excluding hydrogens is 420 g/mol. The Labute approximate surface area is 195 Å². The van der Waals surface area contributed by atoms with Crippen molar-refractivity contribution in [1.29, 1.82) is 0 Å². The van der Waals surface area contributed by atoms with E-state index in [2.05, 4.69) is 35.1 Å². The maximum absolute atomic E-state index is 13.3. The van der Waals surface area contributed by atoms with Crippen LogP contribution >= 0.6 is 0 Å². The van der Waals surface area contributed by atoms with Crippen molar-refractivity contribution in [2.75, 3.05) is 39.2 Å². The summed E-state index contributed by atoms with van der Waals surface area (Å²) in [5, 5.41) is 2.74. The second-order valence-electron chi connectivity index (χ2n) is 8.78. The summed E-state index contributed by atoms with van der Waals surface area (Å²) < 4.78 is 12.0. The number of amides is 2. The van der Waals surface area contributed by atoms with Crippen LogP contribution in [0.25, 0.3) is 0 Å². The van der Waals surface area contributed by atoms with E-state index in [0.29, 0.717) is 30.2 Å². The van der Waals surface area contributed by atoms with Crippen molar-refractivity contribution in [2.24, 2.45) is 5.92 Å². The Hall–Kier alpha value is -2.97. The molecule has 0 saturated heterocycles. The number of anilines is 1. The summed E-state index contributed by atoms with van der Waals surface area (Å²) in [7, 11) is 3.45. The smallest absolute Gasteiger partial charge is 0.257 e. The molecule has 2 amide bonds. The highest BCUT2D eigenvalue weighted by Crippen LogP contribution is 2.26. The maximum atomic E-state index is 13.3. The fraction of sp³-hybridized carbons (Fsp3) is 0.480. The normalized spacial score (nSPS) is 22.5. The zero-order valence-electron chi connectivity index (χ0n) is 20.1. The van der Waals surface area contributed by atoms with Gasteiger partial charge in [0, 0.05) is 64.8 Å². The first kappa shape index (κ1) is 24.7. The molecule has 1 aliphatic heterocycles. The predicted molar refractivity (Wildman–Crippen MR) is 127 cm³/mol. The molecular formula is C25H34N4O4. The molecule has 1 aliphatic rings. The Bertz CT molecular complexity index is 953. The highest BCUT2D eigenvalue weighted by Gasteiger charge is 2.28. The van der Waals surface area contributed by atoms with E-state index < -0.39 is 0 Å². The molecule has 0 unspecified atom stereocenters. The molecule has 2 aromatic rings.